The minimum absolute atomic E-state index is 0.223. The Morgan fingerprint density at radius 2 is 2.03 bits per heavy atom. The maximum atomic E-state index is 11.0. The van der Waals surface area contributed by atoms with Crippen molar-refractivity contribution in [3.05, 3.63) is 18.1 Å². The van der Waals surface area contributed by atoms with Crippen molar-refractivity contribution in [2.24, 2.45) is 0 Å². The van der Waals surface area contributed by atoms with Crippen molar-refractivity contribution >= 4 is 24.4 Å². The highest BCUT2D eigenvalue weighted by molar-refractivity contribution is 7.51. The average molecular weight is 496 g/mol. The predicted octanol–water partition coefficient (Wildman–Crippen LogP) is 0.555. The number of ether oxygens (including phenoxy) is 3. The molecule has 5 N–H and O–H groups in total. The summed E-state index contributed by atoms with van der Waals surface area (Å²) in [6.45, 7) is -0.0724. The minimum atomic E-state index is -4.36. The number of anilines is 1. The fourth-order valence-corrected chi connectivity index (χ4v) is 4.58. The molecule has 1 aliphatic heterocycles. The van der Waals surface area contributed by atoms with E-state index >= 15 is 0 Å². The molecule has 3 heterocycles. The van der Waals surface area contributed by atoms with Gasteiger partial charge < -0.3 is 44.1 Å². The summed E-state index contributed by atoms with van der Waals surface area (Å²) in [5.41, 5.74) is 0.463. The van der Waals surface area contributed by atoms with Crippen LogP contribution in [0.5, 0.6) is 0 Å². The molecule has 0 bridgehead atoms. The molecular formula is C21H29N4O8P. The van der Waals surface area contributed by atoms with Crippen molar-refractivity contribution in [1.82, 2.24) is 14.5 Å². The number of hydrogen-bond acceptors (Lipinski definition) is 9. The number of fused-ring (bicyclic) bond motifs is 1. The largest absolute Gasteiger partial charge is 0.387 e. The maximum Gasteiger partial charge on any atom is 0.350 e. The highest BCUT2D eigenvalue weighted by atomic mass is 31.2. The summed E-state index contributed by atoms with van der Waals surface area (Å²) in [6, 6.07) is 2.10. The van der Waals surface area contributed by atoms with Crippen LogP contribution in [0.15, 0.2) is 12.3 Å². The molecule has 186 valence electrons. The lowest BCUT2D eigenvalue weighted by Gasteiger charge is -2.18. The third kappa shape index (κ3) is 5.76. The van der Waals surface area contributed by atoms with E-state index in [4.69, 9.17) is 24.0 Å². The van der Waals surface area contributed by atoms with Gasteiger partial charge in [-0.2, -0.15) is 0 Å². The number of aromatic nitrogens is 3. The lowest BCUT2D eigenvalue weighted by atomic mass is 10.1. The van der Waals surface area contributed by atoms with Gasteiger partial charge in [-0.25, -0.2) is 9.97 Å². The Morgan fingerprint density at radius 3 is 2.74 bits per heavy atom. The number of nitrogens with one attached hydrogen (secondary N) is 1. The first-order valence-corrected chi connectivity index (χ1v) is 12.8. The Bertz CT molecular complexity index is 1100. The normalized spacial score (nSPS) is 25.6. The van der Waals surface area contributed by atoms with E-state index in [0.29, 0.717) is 17.5 Å². The molecule has 2 aliphatic rings. The molecule has 0 unspecified atom stereocenters. The number of aliphatic hydroxyl groups excluding tert-OH is 2. The van der Waals surface area contributed by atoms with E-state index in [1.165, 1.54) is 0 Å². The van der Waals surface area contributed by atoms with E-state index in [2.05, 4.69) is 27.1 Å². The number of rotatable bonds is 8. The molecule has 1 aliphatic carbocycles. The summed E-state index contributed by atoms with van der Waals surface area (Å²) < 4.78 is 28.4. The summed E-state index contributed by atoms with van der Waals surface area (Å²) in [5, 5.41) is 25.3. The first-order valence-electron chi connectivity index (χ1n) is 11.0. The number of methoxy groups -OCH3 is 1. The molecule has 2 aromatic heterocycles. The molecule has 2 aromatic rings. The van der Waals surface area contributed by atoms with Crippen LogP contribution < -0.4 is 5.32 Å². The van der Waals surface area contributed by atoms with Crippen LogP contribution in [0.1, 0.15) is 37.7 Å². The predicted molar refractivity (Wildman–Crippen MR) is 121 cm³/mol. The molecular weight excluding hydrogens is 467 g/mol. The molecule has 13 heteroatoms. The fraction of sp³-hybridized carbons (Fsp3) is 0.619. The van der Waals surface area contributed by atoms with E-state index in [1.54, 1.807) is 23.9 Å². The highest BCUT2D eigenvalue weighted by Gasteiger charge is 2.44. The van der Waals surface area contributed by atoms with Gasteiger partial charge in [0.25, 0.3) is 0 Å². The first kappa shape index (κ1) is 25.0. The molecule has 2 fully saturated rings. The Kier molecular flexibility index (Phi) is 7.87. The minimum Gasteiger partial charge on any atom is -0.387 e. The van der Waals surface area contributed by atoms with Gasteiger partial charge in [0.2, 0.25) is 5.82 Å². The lowest BCUT2D eigenvalue weighted by Crippen LogP contribution is -2.33. The standard InChI is InChI=1S/C21H29N4O8P/c1-31-10-4-7-16-23-19(22-13-5-2-3-6-13)14-8-9-25(20(14)24-16)21-18(27)17(26)15(33-21)11-32-12-34(28,29)30/h8-9,13,15,17-18,21,26-27H,2-3,5-6,10-12H2,1H3,(H,22,23,24)(H2,28,29,30)/t15-,17-,18-,21-/m1/s1. The zero-order chi connectivity index (χ0) is 24.3. The second-order valence-electron chi connectivity index (χ2n) is 8.43. The summed E-state index contributed by atoms with van der Waals surface area (Å²) in [4.78, 5) is 27.0. The van der Waals surface area contributed by atoms with E-state index < -0.39 is 38.5 Å². The second-order valence-corrected chi connectivity index (χ2v) is 10.0. The monoisotopic (exact) mass is 496 g/mol. The van der Waals surface area contributed by atoms with Crippen LogP contribution in [0.3, 0.4) is 0 Å². The highest BCUT2D eigenvalue weighted by Crippen LogP contribution is 2.36. The quantitative estimate of drug-likeness (QED) is 0.256. The molecule has 1 saturated heterocycles. The number of hydrogen-bond donors (Lipinski definition) is 5. The van der Waals surface area contributed by atoms with E-state index in [-0.39, 0.29) is 19.0 Å². The van der Waals surface area contributed by atoms with E-state index in [9.17, 15) is 14.8 Å². The molecule has 0 aromatic carbocycles. The van der Waals surface area contributed by atoms with Crippen molar-refractivity contribution in [2.45, 2.75) is 56.3 Å². The molecule has 12 nitrogen and oxygen atoms in total. The van der Waals surface area contributed by atoms with Crippen LogP contribution in [0.25, 0.3) is 11.0 Å². The van der Waals surface area contributed by atoms with Gasteiger partial charge in [-0.1, -0.05) is 18.8 Å². The summed E-state index contributed by atoms with van der Waals surface area (Å²) >= 11 is 0. The molecule has 4 atom stereocenters. The Hall–Kier alpha value is -2.07. The van der Waals surface area contributed by atoms with Crippen LogP contribution in [0, 0.1) is 11.8 Å². The summed E-state index contributed by atoms with van der Waals surface area (Å²) in [5.74, 6) is 6.63. The van der Waals surface area contributed by atoms with Crippen LogP contribution in [-0.2, 0) is 18.8 Å². The van der Waals surface area contributed by atoms with Gasteiger partial charge in [-0.15, -0.1) is 0 Å². The van der Waals surface area contributed by atoms with Gasteiger partial charge in [-0.3, -0.25) is 4.57 Å². The fourth-order valence-electron chi connectivity index (χ4n) is 4.24. The van der Waals surface area contributed by atoms with Gasteiger partial charge in [-0.05, 0) is 24.8 Å². The maximum absolute atomic E-state index is 11.0. The zero-order valence-electron chi connectivity index (χ0n) is 18.7. The van der Waals surface area contributed by atoms with Gasteiger partial charge in [0.05, 0.1) is 12.0 Å². The molecule has 0 radical (unpaired) electrons. The van der Waals surface area contributed by atoms with Crippen LogP contribution in [0.2, 0.25) is 0 Å². The smallest absolute Gasteiger partial charge is 0.350 e. The molecule has 0 amide bonds. The molecule has 0 spiro atoms. The van der Waals surface area contributed by atoms with E-state index in [1.807, 2.05) is 0 Å². The summed E-state index contributed by atoms with van der Waals surface area (Å²) in [6.07, 6.45) is 0.658. The summed E-state index contributed by atoms with van der Waals surface area (Å²) in [7, 11) is -2.82. The number of nitrogens with zero attached hydrogens (tertiary/aromatic N) is 3. The van der Waals surface area contributed by atoms with Crippen molar-refractivity contribution in [1.29, 1.82) is 0 Å². The van der Waals surface area contributed by atoms with Crippen molar-refractivity contribution < 1.29 is 38.8 Å². The lowest BCUT2D eigenvalue weighted by molar-refractivity contribution is -0.0610. The Labute approximate surface area is 196 Å². The van der Waals surface area contributed by atoms with Crippen LogP contribution in [0.4, 0.5) is 5.82 Å². The van der Waals surface area contributed by atoms with Crippen molar-refractivity contribution in [3.63, 3.8) is 0 Å². The van der Waals surface area contributed by atoms with Crippen LogP contribution >= 0.6 is 7.60 Å². The van der Waals surface area contributed by atoms with Gasteiger partial charge in [0.1, 0.15) is 42.7 Å². The van der Waals surface area contributed by atoms with E-state index in [0.717, 1.165) is 31.1 Å². The topological polar surface area (TPSA) is 168 Å². The van der Waals surface area contributed by atoms with Gasteiger partial charge >= 0.3 is 7.60 Å². The van der Waals surface area contributed by atoms with Crippen LogP contribution in [-0.4, -0.2) is 85.6 Å². The van der Waals surface area contributed by atoms with Crippen molar-refractivity contribution in [3.8, 4) is 11.8 Å². The SMILES string of the molecule is COCC#Cc1nc(NC2CCCC2)c2ccn([C@@H]3O[C@H](COCP(=O)(O)O)[C@@H](O)[C@H]3O)c2n1. The Balaban J connectivity index is 1.62. The average Bonchev–Trinajstić information content (AvgIpc) is 3.50. The Morgan fingerprint density at radius 1 is 1.26 bits per heavy atom. The third-order valence-corrected chi connectivity index (χ3v) is 6.36. The van der Waals surface area contributed by atoms with Crippen molar-refractivity contribution in [2.75, 3.05) is 32.0 Å². The van der Waals surface area contributed by atoms with Gasteiger partial charge in [0.15, 0.2) is 6.23 Å². The number of aliphatic hydroxyl groups is 2. The third-order valence-electron chi connectivity index (χ3n) is 5.84. The van der Waals surface area contributed by atoms with Gasteiger partial charge in [0, 0.05) is 19.3 Å². The molecule has 4 rings (SSSR count). The second kappa shape index (κ2) is 10.7. The first-order chi connectivity index (χ1) is 16.3. The molecule has 34 heavy (non-hydrogen) atoms. The molecule has 1 saturated carbocycles. The zero-order valence-corrected chi connectivity index (χ0v) is 19.6.